The van der Waals surface area contributed by atoms with Crippen LogP contribution in [-0.2, 0) is 9.53 Å². The van der Waals surface area contributed by atoms with Crippen LogP contribution >= 0.6 is 11.8 Å². The van der Waals surface area contributed by atoms with Crippen molar-refractivity contribution in [3.8, 4) is 0 Å². The van der Waals surface area contributed by atoms with Crippen LogP contribution in [0.25, 0.3) is 0 Å². The van der Waals surface area contributed by atoms with Gasteiger partial charge in [-0.3, -0.25) is 4.79 Å². The molecule has 1 aromatic carbocycles. The molecule has 0 fully saturated rings. The topological polar surface area (TPSA) is 38.3 Å². The van der Waals surface area contributed by atoms with Crippen LogP contribution in [0.1, 0.15) is 44.9 Å². The van der Waals surface area contributed by atoms with Crippen molar-refractivity contribution < 1.29 is 9.53 Å². The number of hydrogen-bond acceptors (Lipinski definition) is 4. The van der Waals surface area contributed by atoms with Gasteiger partial charge in [-0.2, -0.15) is 0 Å². The maximum absolute atomic E-state index is 11.7. The van der Waals surface area contributed by atoms with Crippen molar-refractivity contribution in [3.05, 3.63) is 35.4 Å². The van der Waals surface area contributed by atoms with Gasteiger partial charge in [0, 0.05) is 11.8 Å². The lowest BCUT2D eigenvalue weighted by Crippen LogP contribution is -2.26. The van der Waals surface area contributed by atoms with Gasteiger partial charge in [0.2, 0.25) is 0 Å². The molecule has 0 saturated carbocycles. The highest BCUT2D eigenvalue weighted by atomic mass is 32.2. The second-order valence-electron chi connectivity index (χ2n) is 6.12. The second-order valence-corrected chi connectivity index (χ2v) is 7.15. The highest BCUT2D eigenvalue weighted by Gasteiger charge is 2.17. The molecule has 3 nitrogen and oxygen atoms in total. The van der Waals surface area contributed by atoms with Crippen LogP contribution < -0.4 is 5.32 Å². The summed E-state index contributed by atoms with van der Waals surface area (Å²) in [5.41, 5.74) is 2.12. The number of benzene rings is 1. The maximum Gasteiger partial charge on any atom is 0.316 e. The van der Waals surface area contributed by atoms with Crippen molar-refractivity contribution in [2.45, 2.75) is 46.3 Å². The number of carbonyl (C=O) groups is 1. The van der Waals surface area contributed by atoms with Crippen LogP contribution in [0.3, 0.4) is 0 Å². The predicted molar refractivity (Wildman–Crippen MR) is 90.8 cm³/mol. The van der Waals surface area contributed by atoms with E-state index in [0.29, 0.717) is 5.75 Å². The van der Waals surface area contributed by atoms with Gasteiger partial charge in [-0.05, 0) is 39.8 Å². The molecule has 1 rings (SSSR count). The number of carbonyl (C=O) groups excluding carboxylic acids is 1. The van der Waals surface area contributed by atoms with Gasteiger partial charge in [0.05, 0.1) is 5.75 Å². The predicted octanol–water partition coefficient (Wildman–Crippen LogP) is 3.72. The van der Waals surface area contributed by atoms with Crippen molar-refractivity contribution in [2.75, 3.05) is 18.1 Å². The first kappa shape index (κ1) is 18.1. The summed E-state index contributed by atoms with van der Waals surface area (Å²) in [6.07, 6.45) is 0. The van der Waals surface area contributed by atoms with Gasteiger partial charge >= 0.3 is 5.97 Å². The summed E-state index contributed by atoms with van der Waals surface area (Å²) in [5.74, 6) is 1.10. The monoisotopic (exact) mass is 309 g/mol. The first-order valence-corrected chi connectivity index (χ1v) is 8.57. The number of thioether (sulfide) groups is 1. The SMILES string of the molecule is CCNC(CSCC(=O)OC(C)(C)C)c1ccc(C)cc1. The molecule has 0 aliphatic rings. The molecule has 1 atom stereocenters. The number of ether oxygens (including phenoxy) is 1. The molecule has 1 N–H and O–H groups in total. The van der Waals surface area contributed by atoms with Crippen LogP contribution in [0.15, 0.2) is 24.3 Å². The Labute approximate surface area is 132 Å². The smallest absolute Gasteiger partial charge is 0.316 e. The Morgan fingerprint density at radius 2 is 1.90 bits per heavy atom. The average Bonchev–Trinajstić information content (AvgIpc) is 2.36. The lowest BCUT2D eigenvalue weighted by atomic mass is 10.1. The van der Waals surface area contributed by atoms with Gasteiger partial charge in [-0.25, -0.2) is 0 Å². The van der Waals surface area contributed by atoms with E-state index in [1.165, 1.54) is 11.1 Å². The van der Waals surface area contributed by atoms with E-state index in [2.05, 4.69) is 43.4 Å². The van der Waals surface area contributed by atoms with Crippen molar-refractivity contribution in [2.24, 2.45) is 0 Å². The quantitative estimate of drug-likeness (QED) is 0.779. The molecule has 118 valence electrons. The highest BCUT2D eigenvalue weighted by molar-refractivity contribution is 7.99. The molecule has 1 aromatic rings. The van der Waals surface area contributed by atoms with E-state index in [9.17, 15) is 4.79 Å². The average molecular weight is 309 g/mol. The van der Waals surface area contributed by atoms with Crippen molar-refractivity contribution >= 4 is 17.7 Å². The Bertz CT molecular complexity index is 437. The summed E-state index contributed by atoms with van der Waals surface area (Å²) in [5, 5.41) is 3.47. The zero-order chi connectivity index (χ0) is 15.9. The fraction of sp³-hybridized carbons (Fsp3) is 0.588. The molecular weight excluding hydrogens is 282 g/mol. The van der Waals surface area contributed by atoms with E-state index in [1.54, 1.807) is 11.8 Å². The third-order valence-corrected chi connectivity index (χ3v) is 3.86. The van der Waals surface area contributed by atoms with Gasteiger partial charge in [0.15, 0.2) is 0 Å². The number of esters is 1. The summed E-state index contributed by atoms with van der Waals surface area (Å²) < 4.78 is 5.32. The lowest BCUT2D eigenvalue weighted by Gasteiger charge is -2.21. The van der Waals surface area contributed by atoms with Crippen LogP contribution in [0.5, 0.6) is 0 Å². The normalized spacial score (nSPS) is 13.0. The van der Waals surface area contributed by atoms with Crippen molar-refractivity contribution in [1.29, 1.82) is 0 Å². The minimum absolute atomic E-state index is 0.147. The fourth-order valence-corrected chi connectivity index (χ4v) is 2.84. The minimum atomic E-state index is -0.407. The first-order valence-electron chi connectivity index (χ1n) is 7.41. The van der Waals surface area contributed by atoms with E-state index in [-0.39, 0.29) is 12.0 Å². The van der Waals surface area contributed by atoms with Crippen molar-refractivity contribution in [1.82, 2.24) is 5.32 Å². The van der Waals surface area contributed by atoms with E-state index in [1.807, 2.05) is 20.8 Å². The first-order chi connectivity index (χ1) is 9.81. The fourth-order valence-electron chi connectivity index (χ4n) is 1.95. The molecule has 0 saturated heterocycles. The molecule has 21 heavy (non-hydrogen) atoms. The molecule has 0 spiro atoms. The molecule has 4 heteroatoms. The van der Waals surface area contributed by atoms with E-state index in [0.717, 1.165) is 12.3 Å². The Morgan fingerprint density at radius 1 is 1.29 bits per heavy atom. The molecule has 0 heterocycles. The molecule has 0 bridgehead atoms. The molecule has 0 aliphatic carbocycles. The van der Waals surface area contributed by atoms with Gasteiger partial charge in [0.1, 0.15) is 5.60 Å². The van der Waals surface area contributed by atoms with Crippen LogP contribution in [-0.4, -0.2) is 29.6 Å². The molecule has 0 radical (unpaired) electrons. The summed E-state index contributed by atoms with van der Waals surface area (Å²) in [7, 11) is 0. The molecule has 0 aromatic heterocycles. The Morgan fingerprint density at radius 3 is 2.43 bits per heavy atom. The Balaban J connectivity index is 2.48. The number of aryl methyl sites for hydroxylation is 1. The number of rotatable bonds is 7. The summed E-state index contributed by atoms with van der Waals surface area (Å²) in [6.45, 7) is 10.8. The van der Waals surface area contributed by atoms with Gasteiger partial charge in [-0.15, -0.1) is 11.8 Å². The third-order valence-electron chi connectivity index (χ3n) is 2.85. The summed E-state index contributed by atoms with van der Waals surface area (Å²) >= 11 is 1.61. The Kier molecular flexibility index (Phi) is 7.26. The van der Waals surface area contributed by atoms with Gasteiger partial charge < -0.3 is 10.1 Å². The summed E-state index contributed by atoms with van der Waals surface area (Å²) in [6, 6.07) is 8.81. The molecule has 0 amide bonds. The molecule has 1 unspecified atom stereocenters. The van der Waals surface area contributed by atoms with Crippen molar-refractivity contribution in [3.63, 3.8) is 0 Å². The molecule has 0 aliphatic heterocycles. The summed E-state index contributed by atoms with van der Waals surface area (Å²) in [4.78, 5) is 11.7. The third kappa shape index (κ3) is 7.53. The Hall–Kier alpha value is -1.00. The minimum Gasteiger partial charge on any atom is -0.459 e. The van der Waals surface area contributed by atoms with Gasteiger partial charge in [0.25, 0.3) is 0 Å². The zero-order valence-corrected chi connectivity index (χ0v) is 14.5. The van der Waals surface area contributed by atoms with Crippen LogP contribution in [0.4, 0.5) is 0 Å². The van der Waals surface area contributed by atoms with Crippen LogP contribution in [0.2, 0.25) is 0 Å². The van der Waals surface area contributed by atoms with E-state index < -0.39 is 5.60 Å². The van der Waals surface area contributed by atoms with Gasteiger partial charge in [-0.1, -0.05) is 36.8 Å². The largest absolute Gasteiger partial charge is 0.459 e. The number of nitrogens with one attached hydrogen (secondary N) is 1. The van der Waals surface area contributed by atoms with E-state index >= 15 is 0 Å². The number of hydrogen-bond donors (Lipinski definition) is 1. The standard InChI is InChI=1S/C17H27NO2S/c1-6-18-15(14-9-7-13(2)8-10-14)11-21-12-16(19)20-17(3,4)5/h7-10,15,18H,6,11-12H2,1-5H3. The zero-order valence-electron chi connectivity index (χ0n) is 13.7. The second kappa shape index (κ2) is 8.44. The maximum atomic E-state index is 11.7. The highest BCUT2D eigenvalue weighted by Crippen LogP contribution is 2.20. The lowest BCUT2D eigenvalue weighted by molar-refractivity contribution is -0.151. The molecular formula is C17H27NO2S. The van der Waals surface area contributed by atoms with E-state index in [4.69, 9.17) is 4.74 Å². The van der Waals surface area contributed by atoms with Crippen LogP contribution in [0, 0.1) is 6.92 Å².